The molecule has 0 aromatic carbocycles. The van der Waals surface area contributed by atoms with E-state index >= 15 is 0 Å². The van der Waals surface area contributed by atoms with Crippen molar-refractivity contribution < 1.29 is 0 Å². The second-order valence-corrected chi connectivity index (χ2v) is 6.36. The van der Waals surface area contributed by atoms with Crippen LogP contribution in [-0.4, -0.2) is 15.5 Å². The minimum Gasteiger partial charge on any atom is -0.306 e. The molecule has 0 amide bonds. The Labute approximate surface area is 104 Å². The molecule has 2 heterocycles. The highest BCUT2D eigenvalue weighted by atomic mass is 32.1. The summed E-state index contributed by atoms with van der Waals surface area (Å²) in [5.41, 5.74) is 3.07. The van der Waals surface area contributed by atoms with Gasteiger partial charge in [-0.05, 0) is 20.8 Å². The molecule has 0 aliphatic carbocycles. The molecular formula is C11H15N3S2. The number of thiazole rings is 2. The van der Waals surface area contributed by atoms with Crippen LogP contribution in [0.5, 0.6) is 0 Å². The Morgan fingerprint density at radius 3 is 2.75 bits per heavy atom. The Balaban J connectivity index is 2.03. The molecule has 86 valence electrons. The van der Waals surface area contributed by atoms with Gasteiger partial charge in [0.15, 0.2) is 0 Å². The smallest absolute Gasteiger partial charge is 0.135 e. The lowest BCUT2D eigenvalue weighted by atomic mass is 10.1. The summed E-state index contributed by atoms with van der Waals surface area (Å²) in [6.45, 7) is 7.29. The molecule has 5 heteroatoms. The molecule has 16 heavy (non-hydrogen) atoms. The molecule has 0 saturated heterocycles. The van der Waals surface area contributed by atoms with Gasteiger partial charge in [-0.15, -0.1) is 22.7 Å². The third-order valence-electron chi connectivity index (χ3n) is 1.99. The molecule has 0 saturated carbocycles. The number of nitrogens with zero attached hydrogens (tertiary/aromatic N) is 2. The van der Waals surface area contributed by atoms with Gasteiger partial charge in [0.1, 0.15) is 5.01 Å². The van der Waals surface area contributed by atoms with Gasteiger partial charge in [0.25, 0.3) is 0 Å². The number of hydrogen-bond donors (Lipinski definition) is 1. The summed E-state index contributed by atoms with van der Waals surface area (Å²) in [5, 5.41) is 6.60. The Morgan fingerprint density at radius 2 is 2.12 bits per heavy atom. The van der Waals surface area contributed by atoms with Gasteiger partial charge in [-0.3, -0.25) is 4.98 Å². The molecule has 0 fully saturated rings. The van der Waals surface area contributed by atoms with Crippen molar-refractivity contribution in [2.75, 3.05) is 0 Å². The predicted octanol–water partition coefficient (Wildman–Crippen LogP) is 3.15. The lowest BCUT2D eigenvalue weighted by Crippen LogP contribution is -2.35. The maximum atomic E-state index is 4.58. The third kappa shape index (κ3) is 3.10. The van der Waals surface area contributed by atoms with Crippen LogP contribution in [0.2, 0.25) is 0 Å². The summed E-state index contributed by atoms with van der Waals surface area (Å²) in [4.78, 5) is 9.79. The summed E-state index contributed by atoms with van der Waals surface area (Å²) in [6, 6.07) is 0. The molecule has 0 radical (unpaired) electrons. The molecule has 0 aliphatic rings. The van der Waals surface area contributed by atoms with Crippen LogP contribution >= 0.6 is 22.7 Å². The van der Waals surface area contributed by atoms with E-state index < -0.39 is 0 Å². The van der Waals surface area contributed by atoms with E-state index in [4.69, 9.17) is 0 Å². The molecule has 2 aromatic rings. The van der Waals surface area contributed by atoms with Crippen molar-refractivity contribution in [1.82, 2.24) is 15.3 Å². The highest BCUT2D eigenvalue weighted by Gasteiger charge is 2.11. The van der Waals surface area contributed by atoms with E-state index in [1.807, 2.05) is 11.7 Å². The second kappa shape index (κ2) is 4.61. The summed E-state index contributed by atoms with van der Waals surface area (Å²) in [5.74, 6) is 0. The SMILES string of the molecule is CC(C)(C)NCc1csc(-c2cncs2)n1. The van der Waals surface area contributed by atoms with Gasteiger partial charge >= 0.3 is 0 Å². The third-order valence-corrected chi connectivity index (χ3v) is 3.83. The molecule has 1 N–H and O–H groups in total. The maximum Gasteiger partial charge on any atom is 0.135 e. The fourth-order valence-electron chi connectivity index (χ4n) is 1.18. The van der Waals surface area contributed by atoms with Gasteiger partial charge in [0.2, 0.25) is 0 Å². The maximum absolute atomic E-state index is 4.58. The van der Waals surface area contributed by atoms with E-state index in [1.165, 1.54) is 0 Å². The molecule has 0 unspecified atom stereocenters. The fraction of sp³-hybridized carbons (Fsp3) is 0.455. The number of aromatic nitrogens is 2. The van der Waals surface area contributed by atoms with Crippen LogP contribution in [0.15, 0.2) is 17.1 Å². The van der Waals surface area contributed by atoms with Crippen molar-refractivity contribution in [3.05, 3.63) is 22.8 Å². The molecule has 0 bridgehead atoms. The second-order valence-electron chi connectivity index (χ2n) is 4.61. The number of nitrogens with one attached hydrogen (secondary N) is 1. The van der Waals surface area contributed by atoms with Crippen LogP contribution < -0.4 is 5.32 Å². The van der Waals surface area contributed by atoms with Crippen LogP contribution in [0.25, 0.3) is 9.88 Å². The van der Waals surface area contributed by atoms with Gasteiger partial charge in [-0.25, -0.2) is 4.98 Å². The average molecular weight is 253 g/mol. The Bertz CT molecular complexity index is 440. The lowest BCUT2D eigenvalue weighted by molar-refractivity contribution is 0.422. The minimum atomic E-state index is 0.133. The fourth-order valence-corrected chi connectivity index (χ4v) is 2.69. The average Bonchev–Trinajstić information content (AvgIpc) is 2.84. The van der Waals surface area contributed by atoms with Gasteiger partial charge in [0.05, 0.1) is 16.1 Å². The van der Waals surface area contributed by atoms with Gasteiger partial charge in [0, 0.05) is 23.7 Å². The Hall–Kier alpha value is -0.780. The van der Waals surface area contributed by atoms with Crippen LogP contribution in [0.4, 0.5) is 0 Å². The van der Waals surface area contributed by atoms with Crippen molar-refractivity contribution in [2.45, 2.75) is 32.9 Å². The van der Waals surface area contributed by atoms with Gasteiger partial charge < -0.3 is 5.32 Å². The van der Waals surface area contributed by atoms with Crippen molar-refractivity contribution in [3.63, 3.8) is 0 Å². The van der Waals surface area contributed by atoms with E-state index in [0.717, 1.165) is 22.1 Å². The number of hydrogen-bond acceptors (Lipinski definition) is 5. The predicted molar refractivity (Wildman–Crippen MR) is 69.8 cm³/mol. The van der Waals surface area contributed by atoms with Gasteiger partial charge in [-0.1, -0.05) is 0 Å². The summed E-state index contributed by atoms with van der Waals surface area (Å²) < 4.78 is 0. The standard InChI is InChI=1S/C11H15N3S2/c1-11(2,3)13-4-8-6-15-10(14-8)9-5-12-7-16-9/h5-7,13H,4H2,1-3H3. The molecule has 0 spiro atoms. The normalized spacial score (nSPS) is 11.9. The first-order valence-electron chi connectivity index (χ1n) is 5.13. The molecule has 3 nitrogen and oxygen atoms in total. The zero-order valence-electron chi connectivity index (χ0n) is 9.65. The quantitative estimate of drug-likeness (QED) is 0.913. The van der Waals surface area contributed by atoms with Crippen molar-refractivity contribution in [2.24, 2.45) is 0 Å². The molecule has 0 atom stereocenters. The highest BCUT2D eigenvalue weighted by molar-refractivity contribution is 7.19. The summed E-state index contributed by atoms with van der Waals surface area (Å²) in [7, 11) is 0. The van der Waals surface area contributed by atoms with Gasteiger partial charge in [-0.2, -0.15) is 0 Å². The van der Waals surface area contributed by atoms with Crippen molar-refractivity contribution in [1.29, 1.82) is 0 Å². The highest BCUT2D eigenvalue weighted by Crippen LogP contribution is 2.26. The first-order chi connectivity index (χ1) is 7.54. The first kappa shape index (κ1) is 11.7. The molecule has 2 rings (SSSR count). The minimum absolute atomic E-state index is 0.133. The first-order valence-corrected chi connectivity index (χ1v) is 6.89. The Morgan fingerprint density at radius 1 is 1.31 bits per heavy atom. The van der Waals surface area contributed by atoms with Crippen molar-refractivity contribution in [3.8, 4) is 9.88 Å². The zero-order valence-corrected chi connectivity index (χ0v) is 11.3. The van der Waals surface area contributed by atoms with E-state index in [9.17, 15) is 0 Å². The topological polar surface area (TPSA) is 37.8 Å². The van der Waals surface area contributed by atoms with E-state index in [1.54, 1.807) is 22.7 Å². The van der Waals surface area contributed by atoms with E-state index in [2.05, 4.69) is 41.4 Å². The van der Waals surface area contributed by atoms with Crippen LogP contribution in [0.3, 0.4) is 0 Å². The Kier molecular flexibility index (Phi) is 3.37. The monoisotopic (exact) mass is 253 g/mol. The molecule has 2 aromatic heterocycles. The summed E-state index contributed by atoms with van der Waals surface area (Å²) in [6.07, 6.45) is 1.87. The number of rotatable bonds is 3. The summed E-state index contributed by atoms with van der Waals surface area (Å²) >= 11 is 3.31. The van der Waals surface area contributed by atoms with Crippen LogP contribution in [0, 0.1) is 0 Å². The lowest BCUT2D eigenvalue weighted by Gasteiger charge is -2.19. The zero-order chi connectivity index (χ0) is 11.6. The van der Waals surface area contributed by atoms with E-state index in [0.29, 0.717) is 0 Å². The van der Waals surface area contributed by atoms with Crippen LogP contribution in [-0.2, 0) is 6.54 Å². The molecular weight excluding hydrogens is 238 g/mol. The van der Waals surface area contributed by atoms with E-state index in [-0.39, 0.29) is 5.54 Å². The molecule has 0 aliphatic heterocycles. The van der Waals surface area contributed by atoms with Crippen molar-refractivity contribution >= 4 is 22.7 Å². The van der Waals surface area contributed by atoms with Crippen LogP contribution in [0.1, 0.15) is 26.5 Å². The largest absolute Gasteiger partial charge is 0.306 e.